The highest BCUT2D eigenvalue weighted by molar-refractivity contribution is 9.10. The second-order valence-corrected chi connectivity index (χ2v) is 9.03. The fraction of sp³-hybridized carbons (Fsp3) is 0.647. The molecule has 1 aromatic rings. The Morgan fingerprint density at radius 2 is 2.21 bits per heavy atom. The van der Waals surface area contributed by atoms with Gasteiger partial charge in [0.15, 0.2) is 0 Å². The number of amides is 1. The van der Waals surface area contributed by atoms with Crippen LogP contribution in [0.5, 0.6) is 5.75 Å². The summed E-state index contributed by atoms with van der Waals surface area (Å²) in [4.78, 5) is 21.7. The van der Waals surface area contributed by atoms with Crippen molar-refractivity contribution < 1.29 is 9.53 Å². The number of fused-ring (bicyclic) bond motifs is 1. The van der Waals surface area contributed by atoms with Crippen molar-refractivity contribution in [1.82, 2.24) is 14.8 Å². The van der Waals surface area contributed by atoms with Gasteiger partial charge < -0.3 is 14.5 Å². The summed E-state index contributed by atoms with van der Waals surface area (Å²) in [7, 11) is 6.79. The lowest BCUT2D eigenvalue weighted by Gasteiger charge is -2.39. The first-order valence-electron chi connectivity index (χ1n) is 8.13. The summed E-state index contributed by atoms with van der Waals surface area (Å²) in [5, 5.41) is 0. The molecule has 1 aromatic heterocycles. The van der Waals surface area contributed by atoms with Crippen molar-refractivity contribution >= 4 is 31.1 Å². The number of hydrogen-bond acceptors (Lipinski definition) is 4. The number of ether oxygens (including phenoxy) is 1. The summed E-state index contributed by atoms with van der Waals surface area (Å²) in [6.45, 7) is 7.84. The number of halogens is 1. The molecule has 0 saturated carbocycles. The molecule has 7 heteroatoms. The Labute approximate surface area is 155 Å². The third kappa shape index (κ3) is 3.92. The lowest BCUT2D eigenvalue weighted by Crippen LogP contribution is -2.48. The third-order valence-corrected chi connectivity index (χ3v) is 6.08. The fourth-order valence-electron chi connectivity index (χ4n) is 2.75. The van der Waals surface area contributed by atoms with Crippen LogP contribution < -0.4 is 4.74 Å². The van der Waals surface area contributed by atoms with E-state index in [1.54, 1.807) is 6.20 Å². The number of carbonyl (C=O) groups is 1. The molecule has 134 valence electrons. The lowest BCUT2D eigenvalue weighted by molar-refractivity contribution is -0.143. The van der Waals surface area contributed by atoms with Crippen LogP contribution in [-0.2, 0) is 4.79 Å². The molecule has 2 heterocycles. The fourth-order valence-corrected chi connectivity index (χ4v) is 3.35. The van der Waals surface area contributed by atoms with Crippen molar-refractivity contribution in [2.24, 2.45) is 5.41 Å². The molecular weight excluding hydrogens is 389 g/mol. The average molecular weight is 416 g/mol. The van der Waals surface area contributed by atoms with E-state index >= 15 is 0 Å². The lowest BCUT2D eigenvalue weighted by atomic mass is 9.87. The van der Waals surface area contributed by atoms with E-state index in [0.29, 0.717) is 13.2 Å². The molecule has 3 atom stereocenters. The van der Waals surface area contributed by atoms with E-state index in [1.807, 2.05) is 39.0 Å². The van der Waals surface area contributed by atoms with Crippen molar-refractivity contribution in [3.05, 3.63) is 22.4 Å². The summed E-state index contributed by atoms with van der Waals surface area (Å²) < 4.78 is 6.77. The molecule has 0 aliphatic carbocycles. The molecule has 0 radical (unpaired) electrons. The van der Waals surface area contributed by atoms with E-state index in [-0.39, 0.29) is 17.6 Å². The number of carbonyl (C=O) groups excluding carboxylic acids is 1. The number of nitrogens with zero attached hydrogens (tertiary/aromatic N) is 3. The standard InChI is InChI=1S/C17H27BrN3O2P/c1-11(24)17(2,3)16(22)21-6-7-23-15-12(8-19-9-13(15)18)14(21)10-20(4)5/h8-9,11,14H,6-7,10,24H2,1-5H3/t11?,14-/m0/s1. The van der Waals surface area contributed by atoms with Gasteiger partial charge in [-0.15, -0.1) is 9.24 Å². The van der Waals surface area contributed by atoms with Gasteiger partial charge in [0.25, 0.3) is 0 Å². The van der Waals surface area contributed by atoms with E-state index in [1.165, 1.54) is 0 Å². The van der Waals surface area contributed by atoms with Gasteiger partial charge in [0.1, 0.15) is 12.4 Å². The van der Waals surface area contributed by atoms with E-state index in [4.69, 9.17) is 4.74 Å². The van der Waals surface area contributed by atoms with Crippen molar-refractivity contribution in [2.75, 3.05) is 33.8 Å². The zero-order chi connectivity index (χ0) is 18.1. The highest BCUT2D eigenvalue weighted by Gasteiger charge is 2.40. The Bertz CT molecular complexity index is 607. The monoisotopic (exact) mass is 415 g/mol. The molecular formula is C17H27BrN3O2P. The molecule has 2 rings (SSSR count). The van der Waals surface area contributed by atoms with Gasteiger partial charge in [0, 0.05) is 29.9 Å². The molecule has 1 aliphatic rings. The van der Waals surface area contributed by atoms with Gasteiger partial charge in [0.2, 0.25) is 5.91 Å². The average Bonchev–Trinajstić information content (AvgIpc) is 2.67. The summed E-state index contributed by atoms with van der Waals surface area (Å²) in [5.41, 5.74) is 0.671. The molecule has 0 fully saturated rings. The van der Waals surface area contributed by atoms with Crippen LogP contribution in [0.15, 0.2) is 16.9 Å². The van der Waals surface area contributed by atoms with Crippen LogP contribution in [0.3, 0.4) is 0 Å². The maximum Gasteiger partial charge on any atom is 0.229 e. The molecule has 1 aliphatic heterocycles. The highest BCUT2D eigenvalue weighted by atomic mass is 79.9. The van der Waals surface area contributed by atoms with Crippen LogP contribution >= 0.6 is 25.2 Å². The van der Waals surface area contributed by atoms with Crippen LogP contribution in [0, 0.1) is 5.41 Å². The first kappa shape index (κ1) is 19.6. The Balaban J connectivity index is 2.48. The van der Waals surface area contributed by atoms with Crippen molar-refractivity contribution in [3.8, 4) is 5.75 Å². The Morgan fingerprint density at radius 3 is 2.79 bits per heavy atom. The first-order valence-corrected chi connectivity index (χ1v) is 9.59. The maximum atomic E-state index is 13.3. The number of hydrogen-bond donors (Lipinski definition) is 0. The van der Waals surface area contributed by atoms with Crippen LogP contribution in [-0.4, -0.2) is 60.1 Å². The van der Waals surface area contributed by atoms with Gasteiger partial charge in [0.05, 0.1) is 17.1 Å². The second-order valence-electron chi connectivity index (χ2n) is 7.18. The van der Waals surface area contributed by atoms with E-state index in [9.17, 15) is 4.79 Å². The Hall–Kier alpha value is -0.710. The van der Waals surface area contributed by atoms with Crippen molar-refractivity contribution in [2.45, 2.75) is 32.5 Å². The van der Waals surface area contributed by atoms with Gasteiger partial charge in [-0.2, -0.15) is 0 Å². The van der Waals surface area contributed by atoms with Crippen molar-refractivity contribution in [3.63, 3.8) is 0 Å². The van der Waals surface area contributed by atoms with Crippen LogP contribution in [0.4, 0.5) is 0 Å². The third-order valence-electron chi connectivity index (χ3n) is 4.68. The molecule has 0 aromatic carbocycles. The topological polar surface area (TPSA) is 45.7 Å². The predicted molar refractivity (Wildman–Crippen MR) is 103 cm³/mol. The quantitative estimate of drug-likeness (QED) is 0.709. The minimum absolute atomic E-state index is 0.0852. The molecule has 0 N–H and O–H groups in total. The number of likely N-dealkylation sites (N-methyl/N-ethyl adjacent to an activating group) is 1. The van der Waals surface area contributed by atoms with Gasteiger partial charge in [-0.3, -0.25) is 9.78 Å². The summed E-state index contributed by atoms with van der Waals surface area (Å²) in [6, 6.07) is -0.0852. The van der Waals surface area contributed by atoms with Gasteiger partial charge in [-0.05, 0) is 35.7 Å². The maximum absolute atomic E-state index is 13.3. The van der Waals surface area contributed by atoms with Crippen LogP contribution in [0.25, 0.3) is 0 Å². The Kier molecular flexibility index (Phi) is 6.27. The zero-order valence-corrected chi connectivity index (χ0v) is 17.8. The molecule has 24 heavy (non-hydrogen) atoms. The molecule has 0 spiro atoms. The molecule has 1 amide bonds. The highest BCUT2D eigenvalue weighted by Crippen LogP contribution is 2.39. The van der Waals surface area contributed by atoms with Crippen LogP contribution in [0.1, 0.15) is 32.4 Å². The second kappa shape index (κ2) is 7.67. The van der Waals surface area contributed by atoms with Crippen molar-refractivity contribution in [1.29, 1.82) is 0 Å². The summed E-state index contributed by atoms with van der Waals surface area (Å²) >= 11 is 3.52. The first-order chi connectivity index (χ1) is 11.2. The largest absolute Gasteiger partial charge is 0.490 e. The normalized spacial score (nSPS) is 19.5. The Morgan fingerprint density at radius 1 is 1.54 bits per heavy atom. The zero-order valence-electron chi connectivity index (χ0n) is 15.0. The summed E-state index contributed by atoms with van der Waals surface area (Å²) in [6.07, 6.45) is 3.55. The molecule has 0 bridgehead atoms. The molecule has 0 saturated heterocycles. The number of rotatable bonds is 4. The number of aromatic nitrogens is 1. The minimum Gasteiger partial charge on any atom is -0.490 e. The molecule has 5 nitrogen and oxygen atoms in total. The van der Waals surface area contributed by atoms with Gasteiger partial charge >= 0.3 is 0 Å². The van der Waals surface area contributed by atoms with Crippen LogP contribution in [0.2, 0.25) is 0 Å². The summed E-state index contributed by atoms with van der Waals surface area (Å²) in [5.74, 6) is 0.942. The van der Waals surface area contributed by atoms with Gasteiger partial charge in [-0.25, -0.2) is 0 Å². The van der Waals surface area contributed by atoms with E-state index < -0.39 is 5.41 Å². The molecule has 2 unspecified atom stereocenters. The van der Waals surface area contributed by atoms with Gasteiger partial charge in [-0.1, -0.05) is 20.8 Å². The number of pyridine rings is 1. The SMILES string of the molecule is CC(P)C(C)(C)C(=O)N1CCOc2c(Br)cncc2[C@@H]1CN(C)C. The van der Waals surface area contributed by atoms with E-state index in [2.05, 4.69) is 42.0 Å². The van der Waals surface area contributed by atoms with E-state index in [0.717, 1.165) is 22.3 Å². The minimum atomic E-state index is -0.459. The predicted octanol–water partition coefficient (Wildman–Crippen LogP) is 2.96. The smallest absolute Gasteiger partial charge is 0.229 e.